The number of rotatable bonds is 7. The number of aliphatic imine (C=N–C) groups is 1. The van der Waals surface area contributed by atoms with Gasteiger partial charge in [0.05, 0.1) is 23.9 Å². The number of aromatic nitrogens is 1. The molecule has 0 aliphatic heterocycles. The van der Waals surface area contributed by atoms with Crippen LogP contribution in [0, 0.1) is 0 Å². The van der Waals surface area contributed by atoms with Crippen molar-refractivity contribution >= 4 is 28.9 Å². The third-order valence-electron chi connectivity index (χ3n) is 4.33. The maximum Gasteiger partial charge on any atom is 0.337 e. The first-order chi connectivity index (χ1) is 14.7. The lowest BCUT2D eigenvalue weighted by Crippen LogP contribution is -2.00. The molecule has 0 atom stereocenters. The maximum absolute atomic E-state index is 11.6. The molecule has 0 aliphatic rings. The van der Waals surface area contributed by atoms with Gasteiger partial charge in [-0.1, -0.05) is 41.6 Å². The van der Waals surface area contributed by atoms with Gasteiger partial charge in [0.25, 0.3) is 0 Å². The molecule has 3 aromatic rings. The van der Waals surface area contributed by atoms with Crippen LogP contribution in [0.3, 0.4) is 0 Å². The van der Waals surface area contributed by atoms with Crippen molar-refractivity contribution in [3.63, 3.8) is 0 Å². The van der Waals surface area contributed by atoms with Crippen molar-refractivity contribution < 1.29 is 9.53 Å². The van der Waals surface area contributed by atoms with Gasteiger partial charge in [0.1, 0.15) is 6.34 Å². The molecule has 2 N–H and O–H groups in total. The molecule has 0 amide bonds. The number of fused-ring (bicyclic) bond motifs is 1. The monoisotopic (exact) mass is 399 g/mol. The van der Waals surface area contributed by atoms with E-state index in [0.717, 1.165) is 22.9 Å². The third kappa shape index (κ3) is 5.45. The van der Waals surface area contributed by atoms with Gasteiger partial charge in [-0.15, -0.1) is 5.11 Å². The van der Waals surface area contributed by atoms with E-state index in [2.05, 4.69) is 32.4 Å². The van der Waals surface area contributed by atoms with E-state index in [9.17, 15) is 4.79 Å². The van der Waals surface area contributed by atoms with E-state index in [1.165, 1.54) is 19.0 Å². The summed E-state index contributed by atoms with van der Waals surface area (Å²) in [4.78, 5) is 20.2. The quantitative estimate of drug-likeness (QED) is 0.120. The summed E-state index contributed by atoms with van der Waals surface area (Å²) < 4.78 is 4.72. The number of carbonyl (C=O) groups is 1. The highest BCUT2D eigenvalue weighted by Crippen LogP contribution is 2.18. The first-order valence-electron chi connectivity index (χ1n) is 9.23. The van der Waals surface area contributed by atoms with Gasteiger partial charge in [-0.05, 0) is 48.4 Å². The lowest BCUT2D eigenvalue weighted by atomic mass is 10.1. The lowest BCUT2D eigenvalue weighted by Gasteiger charge is -2.03. The molecule has 0 spiro atoms. The summed E-state index contributed by atoms with van der Waals surface area (Å²) in [6.07, 6.45) is 9.65. The average molecular weight is 399 g/mol. The zero-order valence-corrected chi connectivity index (χ0v) is 16.5. The van der Waals surface area contributed by atoms with Crippen LogP contribution in [0.15, 0.2) is 94.4 Å². The van der Waals surface area contributed by atoms with E-state index < -0.39 is 5.97 Å². The Bertz CT molecular complexity index is 1130. The number of hydrogen-bond acceptors (Lipinski definition) is 5. The summed E-state index contributed by atoms with van der Waals surface area (Å²) in [5, 5.41) is 7.85. The topological polar surface area (TPSA) is 102 Å². The number of ether oxygens (including phenoxy) is 1. The highest BCUT2D eigenvalue weighted by atomic mass is 16.5. The molecular formula is C23H21N5O2. The Hall–Kier alpha value is -4.13. The lowest BCUT2D eigenvalue weighted by molar-refractivity contribution is 0.0600. The zero-order valence-electron chi connectivity index (χ0n) is 16.5. The normalized spacial score (nSPS) is 12.4. The van der Waals surface area contributed by atoms with Crippen LogP contribution in [0.25, 0.3) is 16.6 Å². The standard InChI is InChI=1S/C23H21N5O2/c1-30-23(29)19-11-9-18(10-12-19)21(26-16-27-28-24)7-3-2-5-17-8-13-22-20(15-17)6-4-14-25-22/h2-4,6-16H,5H2,1H3,(H2,24,26,27)/b3-2-,21-7-. The molecule has 1 aromatic heterocycles. The first kappa shape index (κ1) is 20.6. The predicted molar refractivity (Wildman–Crippen MR) is 118 cm³/mol. The Balaban J connectivity index is 1.77. The number of nitrogens with two attached hydrogens (primary N) is 1. The first-order valence-corrected chi connectivity index (χ1v) is 9.23. The predicted octanol–water partition coefficient (Wildman–Crippen LogP) is 4.52. The van der Waals surface area contributed by atoms with Crippen molar-refractivity contribution in [3.05, 3.63) is 95.7 Å². The molecule has 3 rings (SSSR count). The fourth-order valence-corrected chi connectivity index (χ4v) is 2.84. The molecule has 0 saturated carbocycles. The van der Waals surface area contributed by atoms with Crippen LogP contribution in [0.1, 0.15) is 21.5 Å². The van der Waals surface area contributed by atoms with Gasteiger partial charge in [-0.3, -0.25) is 4.98 Å². The highest BCUT2D eigenvalue weighted by Gasteiger charge is 2.06. The van der Waals surface area contributed by atoms with Gasteiger partial charge in [0.2, 0.25) is 0 Å². The number of allylic oxidation sites excluding steroid dienone is 3. The molecule has 150 valence electrons. The number of esters is 1. The van der Waals surface area contributed by atoms with Crippen LogP contribution in [0.4, 0.5) is 0 Å². The van der Waals surface area contributed by atoms with Gasteiger partial charge in [0.15, 0.2) is 0 Å². The van der Waals surface area contributed by atoms with Gasteiger partial charge >= 0.3 is 5.97 Å². The molecule has 0 fully saturated rings. The summed E-state index contributed by atoms with van der Waals surface area (Å²) in [7, 11) is 1.35. The Morgan fingerprint density at radius 1 is 1.13 bits per heavy atom. The summed E-state index contributed by atoms with van der Waals surface area (Å²) in [5.74, 6) is 4.63. The van der Waals surface area contributed by atoms with Gasteiger partial charge in [0, 0.05) is 17.1 Å². The SMILES string of the molecule is COC(=O)c1ccc(/C(=C/C=C\Cc2ccc3ncccc3c2)N=CN=NN)cc1. The van der Waals surface area contributed by atoms with Crippen LogP contribution >= 0.6 is 0 Å². The summed E-state index contributed by atoms with van der Waals surface area (Å²) in [6, 6.07) is 17.1. The Kier molecular flexibility index (Phi) is 7.16. The van der Waals surface area contributed by atoms with Gasteiger partial charge < -0.3 is 10.6 Å². The van der Waals surface area contributed by atoms with E-state index in [1.807, 2.05) is 36.4 Å². The number of hydrogen-bond donors (Lipinski definition) is 1. The van der Waals surface area contributed by atoms with Crippen molar-refractivity contribution in [2.24, 2.45) is 21.2 Å². The summed E-state index contributed by atoms with van der Waals surface area (Å²) >= 11 is 0. The average Bonchev–Trinajstić information content (AvgIpc) is 2.80. The van der Waals surface area contributed by atoms with Gasteiger partial charge in [-0.25, -0.2) is 9.79 Å². The fourth-order valence-electron chi connectivity index (χ4n) is 2.84. The second-order valence-corrected chi connectivity index (χ2v) is 6.26. The van der Waals surface area contributed by atoms with Crippen LogP contribution in [-0.2, 0) is 11.2 Å². The number of benzene rings is 2. The number of carbonyl (C=O) groups excluding carboxylic acids is 1. The molecule has 0 unspecified atom stereocenters. The van der Waals surface area contributed by atoms with Crippen molar-refractivity contribution in [2.75, 3.05) is 7.11 Å². The minimum Gasteiger partial charge on any atom is -0.465 e. The molecular weight excluding hydrogens is 378 g/mol. The molecule has 1 heterocycles. The molecule has 2 aromatic carbocycles. The molecule has 0 aliphatic carbocycles. The van der Waals surface area contributed by atoms with Crippen LogP contribution in [0.2, 0.25) is 0 Å². The van der Waals surface area contributed by atoms with Crippen LogP contribution in [-0.4, -0.2) is 24.4 Å². The fraction of sp³-hybridized carbons (Fsp3) is 0.0870. The van der Waals surface area contributed by atoms with E-state index in [0.29, 0.717) is 11.3 Å². The van der Waals surface area contributed by atoms with Gasteiger partial charge in [-0.2, -0.15) is 0 Å². The second kappa shape index (κ2) is 10.4. The Labute approximate surface area is 174 Å². The summed E-state index contributed by atoms with van der Waals surface area (Å²) in [5.41, 5.74) is 4.09. The Morgan fingerprint density at radius 2 is 1.93 bits per heavy atom. The van der Waals surface area contributed by atoms with E-state index in [1.54, 1.807) is 30.5 Å². The van der Waals surface area contributed by atoms with Crippen molar-refractivity contribution in [3.8, 4) is 0 Å². The molecule has 7 nitrogen and oxygen atoms in total. The zero-order chi connectivity index (χ0) is 21.2. The van der Waals surface area contributed by atoms with Crippen molar-refractivity contribution in [1.82, 2.24) is 4.98 Å². The molecule has 0 bridgehead atoms. The number of pyridine rings is 1. The number of nitrogens with zero attached hydrogens (tertiary/aromatic N) is 4. The minimum atomic E-state index is -0.391. The smallest absolute Gasteiger partial charge is 0.337 e. The summed E-state index contributed by atoms with van der Waals surface area (Å²) in [6.45, 7) is 0. The highest BCUT2D eigenvalue weighted by molar-refractivity contribution is 5.90. The largest absolute Gasteiger partial charge is 0.465 e. The van der Waals surface area contributed by atoms with E-state index in [-0.39, 0.29) is 0 Å². The maximum atomic E-state index is 11.6. The Morgan fingerprint density at radius 3 is 2.70 bits per heavy atom. The molecule has 30 heavy (non-hydrogen) atoms. The van der Waals surface area contributed by atoms with Crippen molar-refractivity contribution in [2.45, 2.75) is 6.42 Å². The molecule has 0 radical (unpaired) electrons. The molecule has 0 saturated heterocycles. The minimum absolute atomic E-state index is 0.391. The number of methoxy groups -OCH3 is 1. The van der Waals surface area contributed by atoms with Crippen LogP contribution in [0.5, 0.6) is 0 Å². The second-order valence-electron chi connectivity index (χ2n) is 6.26. The van der Waals surface area contributed by atoms with Crippen molar-refractivity contribution in [1.29, 1.82) is 0 Å². The third-order valence-corrected chi connectivity index (χ3v) is 4.33. The van der Waals surface area contributed by atoms with Crippen LogP contribution < -0.4 is 5.84 Å². The van der Waals surface area contributed by atoms with E-state index >= 15 is 0 Å². The molecule has 7 heteroatoms. The van der Waals surface area contributed by atoms with E-state index in [4.69, 9.17) is 10.6 Å².